The molecule has 0 aliphatic carbocycles. The van der Waals surface area contributed by atoms with Gasteiger partial charge in [0.1, 0.15) is 11.4 Å². The van der Waals surface area contributed by atoms with Crippen molar-refractivity contribution in [1.82, 2.24) is 15.3 Å². The number of methoxy groups -OCH3 is 2. The van der Waals surface area contributed by atoms with Crippen LogP contribution in [0.3, 0.4) is 0 Å². The van der Waals surface area contributed by atoms with Crippen LogP contribution in [-0.2, 0) is 16.1 Å². The smallest absolute Gasteiger partial charge is 0.261 e. The van der Waals surface area contributed by atoms with E-state index >= 15 is 0 Å². The van der Waals surface area contributed by atoms with Crippen molar-refractivity contribution in [3.05, 3.63) is 45.0 Å². The molecule has 0 spiro atoms. The molecule has 2 N–H and O–H groups in total. The summed E-state index contributed by atoms with van der Waals surface area (Å²) in [7, 11) is 3.09. The summed E-state index contributed by atoms with van der Waals surface area (Å²) >= 11 is 4.61. The molecule has 8 nitrogen and oxygen atoms in total. The molecule has 3 rings (SSSR count). The maximum Gasteiger partial charge on any atom is 0.261 e. The first kappa shape index (κ1) is 22.1. The molecule has 0 aliphatic rings. The number of thiophene rings is 1. The summed E-state index contributed by atoms with van der Waals surface area (Å²) in [4.78, 5) is 34.7. The largest absolute Gasteiger partial charge is 0.480 e. The number of carbonyl (C=O) groups excluding carboxylic acids is 2. The monoisotopic (exact) mass is 492 g/mol. The van der Waals surface area contributed by atoms with Crippen LogP contribution in [0.25, 0.3) is 10.2 Å². The Balaban J connectivity index is 1.65. The summed E-state index contributed by atoms with van der Waals surface area (Å²) in [6.45, 7) is 2.29. The number of aryl methyl sites for hydroxylation is 1. The van der Waals surface area contributed by atoms with E-state index in [0.717, 1.165) is 10.0 Å². The third-order valence-corrected chi connectivity index (χ3v) is 5.96. The normalized spacial score (nSPS) is 10.8. The molecule has 158 valence electrons. The predicted octanol–water partition coefficient (Wildman–Crippen LogP) is 3.68. The van der Waals surface area contributed by atoms with Crippen molar-refractivity contribution < 1.29 is 19.1 Å². The number of fused-ring (bicyclic) bond motifs is 1. The van der Waals surface area contributed by atoms with Gasteiger partial charge in [-0.15, -0.1) is 11.3 Å². The Labute approximate surface area is 186 Å². The number of rotatable bonds is 8. The minimum absolute atomic E-state index is 0.160. The van der Waals surface area contributed by atoms with Crippen LogP contribution in [0.2, 0.25) is 0 Å². The fraction of sp³-hybridized carbons (Fsp3) is 0.300. The van der Waals surface area contributed by atoms with Crippen molar-refractivity contribution in [2.75, 3.05) is 26.1 Å². The second kappa shape index (κ2) is 9.96. The fourth-order valence-corrected chi connectivity index (χ4v) is 4.20. The average Bonchev–Trinajstić information content (AvgIpc) is 3.06. The van der Waals surface area contributed by atoms with Gasteiger partial charge in [0.2, 0.25) is 11.8 Å². The van der Waals surface area contributed by atoms with E-state index in [1.54, 1.807) is 19.2 Å². The molecule has 0 fully saturated rings. The van der Waals surface area contributed by atoms with Crippen molar-refractivity contribution in [2.24, 2.45) is 0 Å². The quantitative estimate of drug-likeness (QED) is 0.497. The van der Waals surface area contributed by atoms with Crippen molar-refractivity contribution in [3.63, 3.8) is 0 Å². The van der Waals surface area contributed by atoms with Crippen LogP contribution in [0.4, 0.5) is 5.69 Å². The van der Waals surface area contributed by atoms with Gasteiger partial charge in [0, 0.05) is 30.2 Å². The zero-order valence-electron chi connectivity index (χ0n) is 16.7. The first-order valence-corrected chi connectivity index (χ1v) is 10.7. The average molecular weight is 493 g/mol. The van der Waals surface area contributed by atoms with E-state index in [2.05, 4.69) is 36.5 Å². The molecule has 3 aromatic rings. The second-order valence-corrected chi connectivity index (χ2v) is 8.29. The van der Waals surface area contributed by atoms with Gasteiger partial charge in [-0.2, -0.15) is 4.98 Å². The molecule has 0 bridgehead atoms. The summed E-state index contributed by atoms with van der Waals surface area (Å²) in [5.74, 6) is 0.457. The third-order valence-electron chi connectivity index (χ3n) is 4.24. The summed E-state index contributed by atoms with van der Waals surface area (Å²) in [5, 5.41) is 6.30. The predicted molar refractivity (Wildman–Crippen MR) is 119 cm³/mol. The number of nitrogens with one attached hydrogen (secondary N) is 2. The van der Waals surface area contributed by atoms with Gasteiger partial charge in [-0.05, 0) is 36.8 Å². The maximum atomic E-state index is 12.7. The summed E-state index contributed by atoms with van der Waals surface area (Å²) in [5.41, 5.74) is 1.44. The van der Waals surface area contributed by atoms with Crippen LogP contribution in [0.1, 0.15) is 27.5 Å². The number of carbonyl (C=O) groups is 2. The Morgan fingerprint density at radius 2 is 1.90 bits per heavy atom. The summed E-state index contributed by atoms with van der Waals surface area (Å²) in [6, 6.07) is 7.29. The van der Waals surface area contributed by atoms with Crippen LogP contribution in [-0.4, -0.2) is 42.5 Å². The number of nitrogens with zero attached hydrogens (tertiary/aromatic N) is 2. The Hall–Kier alpha value is -2.56. The number of aromatic nitrogens is 2. The molecule has 0 saturated heterocycles. The van der Waals surface area contributed by atoms with Crippen molar-refractivity contribution >= 4 is 55.0 Å². The van der Waals surface area contributed by atoms with Gasteiger partial charge in [0.25, 0.3) is 5.91 Å². The van der Waals surface area contributed by atoms with Gasteiger partial charge >= 0.3 is 0 Å². The van der Waals surface area contributed by atoms with Gasteiger partial charge in [-0.1, -0.05) is 15.9 Å². The SMILES string of the molecule is COCc1nc(OC)c2c(C)c(C(=O)NCCC(=O)Nc3ccc(Br)cc3)sc2n1. The Morgan fingerprint density at radius 3 is 2.57 bits per heavy atom. The van der Waals surface area contributed by atoms with Crippen LogP contribution < -0.4 is 15.4 Å². The van der Waals surface area contributed by atoms with Gasteiger partial charge in [-0.3, -0.25) is 9.59 Å². The minimum Gasteiger partial charge on any atom is -0.480 e. The van der Waals surface area contributed by atoms with Crippen LogP contribution in [0.15, 0.2) is 28.7 Å². The van der Waals surface area contributed by atoms with Gasteiger partial charge < -0.3 is 20.1 Å². The standard InChI is InChI=1S/C20H21BrN4O4S/c1-11-16-19(29-3)24-14(10-28-2)25-20(16)30-17(11)18(27)22-9-8-15(26)23-13-6-4-12(21)5-7-13/h4-7H,8-10H2,1-3H3,(H,22,27)(H,23,26). The van der Waals surface area contributed by atoms with E-state index in [0.29, 0.717) is 32.5 Å². The zero-order chi connectivity index (χ0) is 21.7. The molecule has 10 heteroatoms. The zero-order valence-corrected chi connectivity index (χ0v) is 19.1. The number of anilines is 1. The molecule has 1 aromatic carbocycles. The molecular formula is C20H21BrN4O4S. The molecule has 2 heterocycles. The van der Waals surface area contributed by atoms with E-state index in [-0.39, 0.29) is 31.4 Å². The van der Waals surface area contributed by atoms with Gasteiger partial charge in [0.05, 0.1) is 17.4 Å². The molecule has 0 radical (unpaired) electrons. The van der Waals surface area contributed by atoms with Crippen LogP contribution >= 0.6 is 27.3 Å². The first-order valence-electron chi connectivity index (χ1n) is 9.09. The number of amides is 2. The minimum atomic E-state index is -0.262. The van der Waals surface area contributed by atoms with E-state index in [4.69, 9.17) is 9.47 Å². The number of ether oxygens (including phenoxy) is 2. The fourth-order valence-electron chi connectivity index (χ4n) is 2.83. The van der Waals surface area contributed by atoms with Crippen molar-refractivity contribution in [2.45, 2.75) is 20.0 Å². The van der Waals surface area contributed by atoms with Gasteiger partial charge in [0.15, 0.2) is 5.82 Å². The lowest BCUT2D eigenvalue weighted by atomic mass is 10.2. The Morgan fingerprint density at radius 1 is 1.17 bits per heavy atom. The molecule has 0 unspecified atom stereocenters. The molecule has 0 atom stereocenters. The van der Waals surface area contributed by atoms with E-state index < -0.39 is 0 Å². The van der Waals surface area contributed by atoms with Crippen LogP contribution in [0, 0.1) is 6.92 Å². The second-order valence-electron chi connectivity index (χ2n) is 6.38. The highest BCUT2D eigenvalue weighted by Crippen LogP contribution is 2.35. The summed E-state index contributed by atoms with van der Waals surface area (Å²) in [6.07, 6.45) is 0.160. The molecule has 2 aromatic heterocycles. The highest BCUT2D eigenvalue weighted by Gasteiger charge is 2.21. The number of hydrogen-bond acceptors (Lipinski definition) is 7. The maximum absolute atomic E-state index is 12.7. The first-order chi connectivity index (χ1) is 14.4. The third kappa shape index (κ3) is 5.13. The van der Waals surface area contributed by atoms with Crippen molar-refractivity contribution in [3.8, 4) is 5.88 Å². The van der Waals surface area contributed by atoms with E-state index in [1.165, 1.54) is 18.4 Å². The summed E-state index contributed by atoms with van der Waals surface area (Å²) < 4.78 is 11.4. The van der Waals surface area contributed by atoms with Crippen LogP contribution in [0.5, 0.6) is 5.88 Å². The molecule has 30 heavy (non-hydrogen) atoms. The lowest BCUT2D eigenvalue weighted by Gasteiger charge is -2.07. The lowest BCUT2D eigenvalue weighted by molar-refractivity contribution is -0.116. The number of halogens is 1. The highest BCUT2D eigenvalue weighted by atomic mass is 79.9. The Kier molecular flexibility index (Phi) is 7.35. The molecule has 2 amide bonds. The van der Waals surface area contributed by atoms with E-state index in [9.17, 15) is 9.59 Å². The molecule has 0 aliphatic heterocycles. The number of hydrogen-bond donors (Lipinski definition) is 2. The van der Waals surface area contributed by atoms with E-state index in [1.807, 2.05) is 19.1 Å². The lowest BCUT2D eigenvalue weighted by Crippen LogP contribution is -2.27. The van der Waals surface area contributed by atoms with Crippen molar-refractivity contribution in [1.29, 1.82) is 0 Å². The van der Waals surface area contributed by atoms with Gasteiger partial charge in [-0.25, -0.2) is 4.98 Å². The highest BCUT2D eigenvalue weighted by molar-refractivity contribution is 9.10. The Bertz CT molecular complexity index is 1070. The number of benzene rings is 1. The molecular weight excluding hydrogens is 472 g/mol. The topological polar surface area (TPSA) is 102 Å². The molecule has 0 saturated carbocycles.